The maximum absolute atomic E-state index is 12.7. The van der Waals surface area contributed by atoms with E-state index in [1.165, 1.54) is 4.90 Å². The van der Waals surface area contributed by atoms with Gasteiger partial charge >= 0.3 is 5.97 Å². The van der Waals surface area contributed by atoms with Crippen molar-refractivity contribution in [1.82, 2.24) is 4.90 Å². The zero-order valence-electron chi connectivity index (χ0n) is 13.1. The molecule has 6 heteroatoms. The van der Waals surface area contributed by atoms with E-state index < -0.39 is 12.0 Å². The zero-order valence-corrected chi connectivity index (χ0v) is 13.1. The molecular formula is C17H20N2O4. The molecule has 2 heterocycles. The fraction of sp³-hybridized carbons (Fsp3) is 0.471. The molecule has 3 rings (SSSR count). The van der Waals surface area contributed by atoms with Crippen molar-refractivity contribution in [2.75, 3.05) is 18.0 Å². The topological polar surface area (TPSA) is 77.9 Å². The minimum Gasteiger partial charge on any atom is -0.481 e. The fourth-order valence-corrected chi connectivity index (χ4v) is 3.40. The summed E-state index contributed by atoms with van der Waals surface area (Å²) in [5.41, 5.74) is 1.61. The summed E-state index contributed by atoms with van der Waals surface area (Å²) in [5, 5.41) is 9.05. The molecule has 0 aliphatic carbocycles. The van der Waals surface area contributed by atoms with Crippen molar-refractivity contribution >= 4 is 23.5 Å². The van der Waals surface area contributed by atoms with E-state index in [1.807, 2.05) is 30.0 Å². The molecule has 1 N–H and O–H groups in total. The molecule has 0 spiro atoms. The van der Waals surface area contributed by atoms with Gasteiger partial charge in [0.05, 0.1) is 24.1 Å². The van der Waals surface area contributed by atoms with Gasteiger partial charge in [0.2, 0.25) is 5.91 Å². The van der Waals surface area contributed by atoms with Crippen LogP contribution in [0.25, 0.3) is 0 Å². The number of anilines is 1. The van der Waals surface area contributed by atoms with Crippen LogP contribution in [0.4, 0.5) is 5.69 Å². The molecule has 0 radical (unpaired) electrons. The summed E-state index contributed by atoms with van der Waals surface area (Å²) >= 11 is 0. The highest BCUT2D eigenvalue weighted by atomic mass is 16.4. The minimum absolute atomic E-state index is 0.171. The number of rotatable bonds is 3. The Morgan fingerprint density at radius 2 is 1.91 bits per heavy atom. The van der Waals surface area contributed by atoms with E-state index in [4.69, 9.17) is 5.11 Å². The van der Waals surface area contributed by atoms with Crippen molar-refractivity contribution in [2.45, 2.75) is 32.2 Å². The molecular weight excluding hydrogens is 296 g/mol. The van der Waals surface area contributed by atoms with Crippen molar-refractivity contribution in [3.63, 3.8) is 0 Å². The van der Waals surface area contributed by atoms with Crippen molar-refractivity contribution < 1.29 is 19.5 Å². The molecule has 122 valence electrons. The van der Waals surface area contributed by atoms with Crippen LogP contribution in [-0.2, 0) is 14.4 Å². The average Bonchev–Trinajstić information content (AvgIpc) is 2.82. The second kappa shape index (κ2) is 6.12. The van der Waals surface area contributed by atoms with E-state index in [0.717, 1.165) is 5.56 Å². The van der Waals surface area contributed by atoms with E-state index in [2.05, 4.69) is 0 Å². The van der Waals surface area contributed by atoms with E-state index >= 15 is 0 Å². The lowest BCUT2D eigenvalue weighted by molar-refractivity contribution is -0.143. The summed E-state index contributed by atoms with van der Waals surface area (Å²) in [6.07, 6.45) is 1.22. The van der Waals surface area contributed by atoms with Crippen LogP contribution in [0.2, 0.25) is 0 Å². The molecule has 2 amide bonds. The normalized spacial score (nSPS) is 23.5. The van der Waals surface area contributed by atoms with Gasteiger partial charge in [-0.25, -0.2) is 4.90 Å². The van der Waals surface area contributed by atoms with Crippen LogP contribution in [0.5, 0.6) is 0 Å². The van der Waals surface area contributed by atoms with Gasteiger partial charge in [-0.3, -0.25) is 19.3 Å². The zero-order chi connectivity index (χ0) is 16.6. The van der Waals surface area contributed by atoms with Crippen LogP contribution in [0.3, 0.4) is 0 Å². The summed E-state index contributed by atoms with van der Waals surface area (Å²) in [6, 6.07) is 6.88. The number of carboxylic acid groups (broad SMARTS) is 1. The Morgan fingerprint density at radius 3 is 2.52 bits per heavy atom. The smallest absolute Gasteiger partial charge is 0.306 e. The quantitative estimate of drug-likeness (QED) is 0.853. The number of likely N-dealkylation sites (tertiary alicyclic amines) is 1. The molecule has 6 nitrogen and oxygen atoms in total. The van der Waals surface area contributed by atoms with Gasteiger partial charge in [-0.15, -0.1) is 0 Å². The summed E-state index contributed by atoms with van der Waals surface area (Å²) in [4.78, 5) is 39.2. The molecule has 2 aliphatic rings. The van der Waals surface area contributed by atoms with Gasteiger partial charge in [0, 0.05) is 0 Å². The Kier molecular flexibility index (Phi) is 4.17. The highest BCUT2D eigenvalue weighted by Crippen LogP contribution is 2.29. The molecule has 23 heavy (non-hydrogen) atoms. The summed E-state index contributed by atoms with van der Waals surface area (Å²) in [5.74, 6) is -1.51. The number of hydrogen-bond acceptors (Lipinski definition) is 4. The summed E-state index contributed by atoms with van der Waals surface area (Å²) in [6.45, 7) is 3.01. The monoisotopic (exact) mass is 316 g/mol. The lowest BCUT2D eigenvalue weighted by Gasteiger charge is -2.33. The number of hydrogen-bond donors (Lipinski definition) is 1. The first-order chi connectivity index (χ1) is 11.0. The first-order valence-electron chi connectivity index (χ1n) is 7.87. The first-order valence-corrected chi connectivity index (χ1v) is 7.87. The Hall–Kier alpha value is -2.21. The van der Waals surface area contributed by atoms with Gasteiger partial charge in [-0.05, 0) is 50.6 Å². The molecule has 0 bridgehead atoms. The lowest BCUT2D eigenvalue weighted by atomic mass is 9.96. The molecule has 1 aromatic rings. The molecule has 2 aliphatic heterocycles. The fourth-order valence-electron chi connectivity index (χ4n) is 3.40. The van der Waals surface area contributed by atoms with Crippen LogP contribution in [0.15, 0.2) is 24.3 Å². The van der Waals surface area contributed by atoms with Gasteiger partial charge < -0.3 is 5.11 Å². The number of amides is 2. The van der Waals surface area contributed by atoms with Crippen LogP contribution in [-0.4, -0.2) is 46.9 Å². The minimum atomic E-state index is -0.778. The molecule has 1 aromatic carbocycles. The predicted octanol–water partition coefficient (Wildman–Crippen LogP) is 1.42. The summed E-state index contributed by atoms with van der Waals surface area (Å²) in [7, 11) is 0. The number of piperidine rings is 1. The van der Waals surface area contributed by atoms with Gasteiger partial charge in [0.15, 0.2) is 0 Å². The number of aliphatic carboxylic acids is 1. The number of benzene rings is 1. The molecule has 0 aromatic heterocycles. The largest absolute Gasteiger partial charge is 0.481 e. The first kappa shape index (κ1) is 15.7. The molecule has 0 saturated carbocycles. The third kappa shape index (κ3) is 2.99. The van der Waals surface area contributed by atoms with Crippen LogP contribution in [0, 0.1) is 12.8 Å². The van der Waals surface area contributed by atoms with Gasteiger partial charge in [0.25, 0.3) is 5.91 Å². The molecule has 1 atom stereocenters. The molecule has 0 unspecified atom stereocenters. The Labute approximate surface area is 134 Å². The summed E-state index contributed by atoms with van der Waals surface area (Å²) < 4.78 is 0. The standard InChI is InChI=1S/C17H20N2O4/c1-11-3-2-4-13(9-11)19-15(20)10-14(16(19)21)18-7-5-12(6-8-18)17(22)23/h2-4,9,12,14H,5-8,10H2,1H3,(H,22,23)/t14-/m0/s1. The second-order valence-corrected chi connectivity index (χ2v) is 6.27. The van der Waals surface area contributed by atoms with Crippen molar-refractivity contribution in [1.29, 1.82) is 0 Å². The van der Waals surface area contributed by atoms with Crippen LogP contribution >= 0.6 is 0 Å². The van der Waals surface area contributed by atoms with Crippen LogP contribution in [0.1, 0.15) is 24.8 Å². The van der Waals surface area contributed by atoms with Crippen LogP contribution < -0.4 is 4.90 Å². The average molecular weight is 316 g/mol. The van der Waals surface area contributed by atoms with E-state index in [-0.39, 0.29) is 24.2 Å². The van der Waals surface area contributed by atoms with Crippen molar-refractivity contribution in [3.8, 4) is 0 Å². The third-order valence-corrected chi connectivity index (χ3v) is 4.70. The van der Waals surface area contributed by atoms with E-state index in [1.54, 1.807) is 6.07 Å². The number of imide groups is 1. The number of carbonyl (C=O) groups excluding carboxylic acids is 2. The highest BCUT2D eigenvalue weighted by molar-refractivity contribution is 6.22. The molecule has 2 fully saturated rings. The maximum atomic E-state index is 12.7. The number of carbonyl (C=O) groups is 3. The Bertz CT molecular complexity index is 650. The van der Waals surface area contributed by atoms with Crippen molar-refractivity contribution in [2.24, 2.45) is 5.92 Å². The molecule has 2 saturated heterocycles. The Balaban J connectivity index is 1.73. The van der Waals surface area contributed by atoms with E-state index in [9.17, 15) is 14.4 Å². The van der Waals surface area contributed by atoms with E-state index in [0.29, 0.717) is 31.6 Å². The highest BCUT2D eigenvalue weighted by Gasteiger charge is 2.43. The number of nitrogens with zero attached hydrogens (tertiary/aromatic N) is 2. The maximum Gasteiger partial charge on any atom is 0.306 e. The Morgan fingerprint density at radius 1 is 1.22 bits per heavy atom. The SMILES string of the molecule is Cc1cccc(N2C(=O)C[C@H](N3CCC(C(=O)O)CC3)C2=O)c1. The van der Waals surface area contributed by atoms with Crippen molar-refractivity contribution in [3.05, 3.63) is 29.8 Å². The number of carboxylic acids is 1. The number of aryl methyl sites for hydroxylation is 1. The van der Waals surface area contributed by atoms with Gasteiger partial charge in [0.1, 0.15) is 0 Å². The van der Waals surface area contributed by atoms with Gasteiger partial charge in [-0.1, -0.05) is 12.1 Å². The predicted molar refractivity (Wildman–Crippen MR) is 84.0 cm³/mol. The third-order valence-electron chi connectivity index (χ3n) is 4.70. The van der Waals surface area contributed by atoms with Gasteiger partial charge in [-0.2, -0.15) is 0 Å². The second-order valence-electron chi connectivity index (χ2n) is 6.27. The lowest BCUT2D eigenvalue weighted by Crippen LogP contribution is -2.46.